The van der Waals surface area contributed by atoms with E-state index in [1.54, 1.807) is 13.8 Å². The Labute approximate surface area is 240 Å². The molecule has 0 aromatic rings. The number of carbonyl (C=O) groups is 1. The van der Waals surface area contributed by atoms with E-state index < -0.39 is 35.8 Å². The molecule has 0 aliphatic heterocycles. The second kappa shape index (κ2) is 25.0. The maximum absolute atomic E-state index is 10.7. The zero-order valence-corrected chi connectivity index (χ0v) is 26.5. The van der Waals surface area contributed by atoms with Crippen LogP contribution in [0.5, 0.6) is 0 Å². The lowest BCUT2D eigenvalue weighted by Crippen LogP contribution is -2.42. The average molecular weight is 563 g/mol. The van der Waals surface area contributed by atoms with Crippen LogP contribution in [0.15, 0.2) is 0 Å². The van der Waals surface area contributed by atoms with Gasteiger partial charge in [0.25, 0.3) is 0 Å². The molecule has 6 unspecified atom stereocenters. The first-order chi connectivity index (χ1) is 18.5. The smallest absolute Gasteiger partial charge is 0.309 e. The van der Waals surface area contributed by atoms with E-state index in [1.807, 2.05) is 0 Å². The highest BCUT2D eigenvalue weighted by Crippen LogP contribution is 2.27. The number of ether oxygens (including phenoxy) is 1. The van der Waals surface area contributed by atoms with Crippen molar-refractivity contribution in [3.63, 3.8) is 0 Å². The van der Waals surface area contributed by atoms with Gasteiger partial charge in [0.1, 0.15) is 12.2 Å². The van der Waals surface area contributed by atoms with Crippen molar-refractivity contribution >= 4 is 5.97 Å². The minimum Gasteiger partial charge on any atom is -0.481 e. The van der Waals surface area contributed by atoms with Gasteiger partial charge in [-0.2, -0.15) is 0 Å². The molecule has 0 fully saturated rings. The van der Waals surface area contributed by atoms with E-state index >= 15 is 0 Å². The van der Waals surface area contributed by atoms with Crippen LogP contribution in [0.4, 0.5) is 0 Å². The van der Waals surface area contributed by atoms with Crippen LogP contribution in [0.2, 0.25) is 0 Å². The summed E-state index contributed by atoms with van der Waals surface area (Å²) in [5.41, 5.74) is -0.534. The van der Waals surface area contributed by atoms with Crippen molar-refractivity contribution in [2.75, 3.05) is 13.2 Å². The second-order valence-electron chi connectivity index (χ2n) is 12.0. The monoisotopic (exact) mass is 562 g/mol. The molecule has 0 aromatic carbocycles. The summed E-state index contributed by atoms with van der Waals surface area (Å²) in [6.45, 7) is 13.6. The number of aliphatic carboxylic acids is 1. The van der Waals surface area contributed by atoms with Gasteiger partial charge in [0.2, 0.25) is 0 Å². The van der Waals surface area contributed by atoms with Gasteiger partial charge in [0, 0.05) is 0 Å². The van der Waals surface area contributed by atoms with Crippen LogP contribution in [0.25, 0.3) is 0 Å². The van der Waals surface area contributed by atoms with Crippen molar-refractivity contribution in [1.29, 1.82) is 0 Å². The molecule has 0 spiro atoms. The molecular weight excluding hydrogens is 496 g/mol. The first kappa shape index (κ1) is 40.4. The Balaban J connectivity index is 0. The van der Waals surface area contributed by atoms with Crippen molar-refractivity contribution in [1.82, 2.24) is 0 Å². The number of aliphatic hydroxyl groups is 4. The minimum absolute atomic E-state index is 0.357. The molecule has 39 heavy (non-hydrogen) atoms. The molecule has 0 bridgehead atoms. The fourth-order valence-electron chi connectivity index (χ4n) is 4.79. The average Bonchev–Trinajstić information content (AvgIpc) is 2.93. The van der Waals surface area contributed by atoms with Gasteiger partial charge in [-0.3, -0.25) is 4.79 Å². The zero-order chi connectivity index (χ0) is 30.3. The molecule has 0 saturated carbocycles. The number of hydrogen-bond donors (Lipinski definition) is 5. The number of unbranched alkanes of at least 4 members (excludes halogenated alkanes) is 5. The summed E-state index contributed by atoms with van der Waals surface area (Å²) in [5, 5.41) is 48.4. The maximum atomic E-state index is 10.7. The fourth-order valence-corrected chi connectivity index (χ4v) is 4.79. The van der Waals surface area contributed by atoms with Crippen LogP contribution >= 0.6 is 0 Å². The molecule has 0 amide bonds. The Morgan fingerprint density at radius 1 is 0.692 bits per heavy atom. The summed E-state index contributed by atoms with van der Waals surface area (Å²) in [5.74, 6) is 0.161. The largest absolute Gasteiger partial charge is 0.481 e. The van der Waals surface area contributed by atoms with Gasteiger partial charge in [0.05, 0.1) is 30.8 Å². The number of hydrogen-bond acceptors (Lipinski definition) is 6. The van der Waals surface area contributed by atoms with Gasteiger partial charge in [-0.15, -0.1) is 0 Å². The lowest BCUT2D eigenvalue weighted by Gasteiger charge is -2.33. The first-order valence-corrected chi connectivity index (χ1v) is 15.9. The molecule has 0 saturated heterocycles. The van der Waals surface area contributed by atoms with Crippen LogP contribution in [0.3, 0.4) is 0 Å². The zero-order valence-electron chi connectivity index (χ0n) is 26.5. The molecule has 0 heterocycles. The normalized spacial score (nSPS) is 16.5. The highest BCUT2D eigenvalue weighted by molar-refractivity contribution is 5.73. The fraction of sp³-hybridized carbons (Fsp3) is 0.969. The van der Waals surface area contributed by atoms with E-state index in [0.717, 1.165) is 70.6 Å². The predicted octanol–water partition coefficient (Wildman–Crippen LogP) is 6.73. The molecule has 0 rings (SSSR count). The molecule has 0 aliphatic rings. The molecule has 0 aromatic heterocycles. The van der Waals surface area contributed by atoms with Gasteiger partial charge in [-0.05, 0) is 44.9 Å². The van der Waals surface area contributed by atoms with E-state index in [1.165, 1.54) is 12.8 Å². The SMILES string of the molecule is CCCCC(CC)CC(OC(CC(CC)CCCC)C(O)CO)C(O)CO.CCCCCCC(C)(C)C(=O)O. The van der Waals surface area contributed by atoms with Crippen molar-refractivity contribution < 1.29 is 35.1 Å². The number of aliphatic hydroxyl groups excluding tert-OH is 4. The standard InChI is InChI=1S/C22H46O5.C10H20O2/c1-5-9-11-17(7-3)13-21(19(25)15-23)27-22(20(26)16-24)14-18(8-4)12-10-6-2;1-4-5-6-7-8-10(2,3)9(11)12/h17-26H,5-16H2,1-4H3;4-8H2,1-3H3,(H,11,12). The van der Waals surface area contributed by atoms with Crippen molar-refractivity contribution in [3.8, 4) is 0 Å². The molecule has 0 radical (unpaired) electrons. The molecule has 7 nitrogen and oxygen atoms in total. The minimum atomic E-state index is -0.968. The molecule has 5 N–H and O–H groups in total. The van der Waals surface area contributed by atoms with Crippen molar-refractivity contribution in [2.24, 2.45) is 17.3 Å². The number of carboxylic acids is 1. The Bertz CT molecular complexity index is 525. The van der Waals surface area contributed by atoms with E-state index in [4.69, 9.17) is 9.84 Å². The van der Waals surface area contributed by atoms with Crippen molar-refractivity contribution in [3.05, 3.63) is 0 Å². The Kier molecular flexibility index (Phi) is 25.9. The van der Waals surface area contributed by atoms with E-state index in [-0.39, 0.29) is 13.2 Å². The summed E-state index contributed by atoms with van der Waals surface area (Å²) in [4.78, 5) is 10.7. The molecule has 0 aliphatic carbocycles. The van der Waals surface area contributed by atoms with Gasteiger partial charge in [0.15, 0.2) is 0 Å². The Morgan fingerprint density at radius 3 is 1.41 bits per heavy atom. The van der Waals surface area contributed by atoms with Crippen LogP contribution in [-0.4, -0.2) is 69.1 Å². The van der Waals surface area contributed by atoms with E-state index in [2.05, 4.69) is 34.6 Å². The summed E-state index contributed by atoms with van der Waals surface area (Å²) in [6.07, 6.45) is 12.4. The lowest BCUT2D eigenvalue weighted by atomic mass is 9.87. The maximum Gasteiger partial charge on any atom is 0.309 e. The Hall–Kier alpha value is -0.730. The highest BCUT2D eigenvalue weighted by atomic mass is 16.5. The topological polar surface area (TPSA) is 127 Å². The Morgan fingerprint density at radius 2 is 1.10 bits per heavy atom. The molecule has 6 atom stereocenters. The van der Waals surface area contributed by atoms with Crippen molar-refractivity contribution in [2.45, 2.75) is 169 Å². The number of carboxylic acid groups (broad SMARTS) is 1. The van der Waals surface area contributed by atoms with Crippen LogP contribution in [-0.2, 0) is 9.53 Å². The van der Waals surface area contributed by atoms with E-state index in [0.29, 0.717) is 24.7 Å². The van der Waals surface area contributed by atoms with Gasteiger partial charge in [-0.25, -0.2) is 0 Å². The highest BCUT2D eigenvalue weighted by Gasteiger charge is 2.31. The van der Waals surface area contributed by atoms with Gasteiger partial charge >= 0.3 is 5.97 Å². The summed E-state index contributed by atoms with van der Waals surface area (Å²) in [6, 6.07) is 0. The third kappa shape index (κ3) is 19.9. The van der Waals surface area contributed by atoms with Gasteiger partial charge < -0.3 is 30.3 Å². The number of rotatable bonds is 24. The van der Waals surface area contributed by atoms with Crippen LogP contribution in [0, 0.1) is 17.3 Å². The lowest BCUT2D eigenvalue weighted by molar-refractivity contribution is -0.147. The predicted molar refractivity (Wildman–Crippen MR) is 161 cm³/mol. The third-order valence-corrected chi connectivity index (χ3v) is 8.03. The molecule has 7 heteroatoms. The quantitative estimate of drug-likeness (QED) is 0.0826. The van der Waals surface area contributed by atoms with E-state index in [9.17, 15) is 25.2 Å². The second-order valence-corrected chi connectivity index (χ2v) is 12.0. The molecular formula is C32H66O7. The summed E-state index contributed by atoms with van der Waals surface area (Å²) in [7, 11) is 0. The van der Waals surface area contributed by atoms with Crippen LogP contribution in [0.1, 0.15) is 145 Å². The molecule has 236 valence electrons. The summed E-state index contributed by atoms with van der Waals surface area (Å²) >= 11 is 0. The first-order valence-electron chi connectivity index (χ1n) is 15.9. The van der Waals surface area contributed by atoms with Crippen LogP contribution < -0.4 is 0 Å². The third-order valence-electron chi connectivity index (χ3n) is 8.03. The van der Waals surface area contributed by atoms with Gasteiger partial charge in [-0.1, -0.05) is 112 Å². The summed E-state index contributed by atoms with van der Waals surface area (Å²) < 4.78 is 6.16.